The van der Waals surface area contributed by atoms with Crippen LogP contribution >= 0.6 is 0 Å². The Morgan fingerprint density at radius 3 is 2.52 bits per heavy atom. The normalized spacial score (nSPS) is 14.2. The SMILES string of the molecule is Cc1cc(C(C)Nc2ccccc2C(=O)O)c2nc(N3CCN(C(=O)c4cnn(C)c4)CC3)c(C#N)c(=O)n2c1. The summed E-state index contributed by atoms with van der Waals surface area (Å²) in [6.45, 7) is 5.27. The number of aromatic nitrogens is 4. The second-order valence-electron chi connectivity index (χ2n) is 9.79. The summed E-state index contributed by atoms with van der Waals surface area (Å²) in [6, 6.07) is 10.1. The molecule has 1 fully saturated rings. The highest BCUT2D eigenvalue weighted by Gasteiger charge is 2.27. The van der Waals surface area contributed by atoms with Crippen molar-refractivity contribution in [3.8, 4) is 6.07 Å². The van der Waals surface area contributed by atoms with Crippen LogP contribution in [0.5, 0.6) is 0 Å². The highest BCUT2D eigenvalue weighted by Crippen LogP contribution is 2.27. The largest absolute Gasteiger partial charge is 0.478 e. The summed E-state index contributed by atoms with van der Waals surface area (Å²) in [7, 11) is 1.75. The number of aromatic carboxylic acids is 1. The van der Waals surface area contributed by atoms with Crippen LogP contribution in [0.25, 0.3) is 5.65 Å². The molecule has 5 rings (SSSR count). The number of hydrogen-bond donors (Lipinski definition) is 2. The van der Waals surface area contributed by atoms with Crippen molar-refractivity contribution in [2.24, 2.45) is 7.05 Å². The number of fused-ring (bicyclic) bond motifs is 1. The summed E-state index contributed by atoms with van der Waals surface area (Å²) in [5, 5.41) is 26.8. The van der Waals surface area contributed by atoms with Crippen LogP contribution in [0.15, 0.2) is 53.7 Å². The third-order valence-electron chi connectivity index (χ3n) is 7.00. The average molecular weight is 541 g/mol. The van der Waals surface area contributed by atoms with Gasteiger partial charge in [0, 0.05) is 56.9 Å². The molecule has 1 aliphatic heterocycles. The maximum Gasteiger partial charge on any atom is 0.337 e. The Bertz CT molecular complexity index is 1730. The number of nitrogens with zero attached hydrogens (tertiary/aromatic N) is 7. The van der Waals surface area contributed by atoms with Crippen LogP contribution in [0.2, 0.25) is 0 Å². The Hall–Kier alpha value is -5.18. The van der Waals surface area contributed by atoms with E-state index in [1.807, 2.05) is 30.9 Å². The van der Waals surface area contributed by atoms with Gasteiger partial charge in [-0.3, -0.25) is 18.7 Å². The van der Waals surface area contributed by atoms with Gasteiger partial charge in [-0.25, -0.2) is 9.78 Å². The summed E-state index contributed by atoms with van der Waals surface area (Å²) < 4.78 is 2.95. The predicted molar refractivity (Wildman–Crippen MR) is 148 cm³/mol. The predicted octanol–water partition coefficient (Wildman–Crippen LogP) is 2.44. The third-order valence-corrected chi connectivity index (χ3v) is 7.00. The standard InChI is InChI=1S/C28H28N8O4/c1-17-12-21(18(2)31-23-7-5-4-6-20(23)28(39)40)25-32-24(22(13-29)27(38)36(25)15-17)34-8-10-35(11-9-34)26(37)19-14-30-33(3)16-19/h4-7,12,14-16,18,31H,8-11H2,1-3H3,(H,39,40). The molecular formula is C28H28N8O4. The van der Waals surface area contributed by atoms with Crippen LogP contribution in [0, 0.1) is 18.3 Å². The van der Waals surface area contributed by atoms with Crippen LogP contribution < -0.4 is 15.8 Å². The molecule has 204 valence electrons. The molecular weight excluding hydrogens is 512 g/mol. The number of nitriles is 1. The fourth-order valence-corrected chi connectivity index (χ4v) is 4.98. The van der Waals surface area contributed by atoms with Crippen molar-refractivity contribution >= 4 is 29.0 Å². The molecule has 1 amide bonds. The first-order chi connectivity index (χ1) is 19.2. The maximum atomic E-state index is 13.5. The first kappa shape index (κ1) is 26.4. The summed E-state index contributed by atoms with van der Waals surface area (Å²) in [5.74, 6) is -0.913. The molecule has 12 heteroatoms. The van der Waals surface area contributed by atoms with Gasteiger partial charge in [-0.15, -0.1) is 0 Å². The van der Waals surface area contributed by atoms with E-state index < -0.39 is 17.6 Å². The van der Waals surface area contributed by atoms with Gasteiger partial charge in [0.1, 0.15) is 11.7 Å². The van der Waals surface area contributed by atoms with E-state index in [-0.39, 0.29) is 22.9 Å². The van der Waals surface area contributed by atoms with Crippen LogP contribution in [0.4, 0.5) is 11.5 Å². The van der Waals surface area contributed by atoms with Crippen LogP contribution in [-0.2, 0) is 7.05 Å². The minimum Gasteiger partial charge on any atom is -0.478 e. The number of aryl methyl sites for hydroxylation is 2. The highest BCUT2D eigenvalue weighted by atomic mass is 16.4. The number of nitrogens with one attached hydrogen (secondary N) is 1. The topological polar surface area (TPSA) is 149 Å². The fraction of sp³-hybridized carbons (Fsp3) is 0.286. The van der Waals surface area contributed by atoms with Crippen LogP contribution in [0.3, 0.4) is 0 Å². The minimum atomic E-state index is -1.05. The molecule has 0 aliphatic carbocycles. The first-order valence-electron chi connectivity index (χ1n) is 12.8. The number of carboxylic acids is 1. The zero-order chi connectivity index (χ0) is 28.6. The zero-order valence-electron chi connectivity index (χ0n) is 22.3. The van der Waals surface area contributed by atoms with E-state index in [1.165, 1.54) is 16.7 Å². The van der Waals surface area contributed by atoms with Gasteiger partial charge in [-0.05, 0) is 37.6 Å². The van der Waals surface area contributed by atoms with Gasteiger partial charge in [0.2, 0.25) is 0 Å². The molecule has 4 aromatic rings. The molecule has 1 aromatic carbocycles. The molecule has 2 N–H and O–H groups in total. The van der Waals surface area contributed by atoms with E-state index in [1.54, 1.807) is 47.2 Å². The molecule has 40 heavy (non-hydrogen) atoms. The number of pyridine rings is 1. The molecule has 4 heterocycles. The Balaban J connectivity index is 1.49. The molecule has 1 saturated heterocycles. The van der Waals surface area contributed by atoms with Gasteiger partial charge in [-0.1, -0.05) is 12.1 Å². The van der Waals surface area contributed by atoms with E-state index in [0.29, 0.717) is 48.6 Å². The lowest BCUT2D eigenvalue weighted by Crippen LogP contribution is -2.49. The Kier molecular flexibility index (Phi) is 6.96. The first-order valence-corrected chi connectivity index (χ1v) is 12.8. The van der Waals surface area contributed by atoms with Crippen LogP contribution in [0.1, 0.15) is 50.4 Å². The second-order valence-corrected chi connectivity index (χ2v) is 9.79. The Morgan fingerprint density at radius 1 is 1.15 bits per heavy atom. The van der Waals surface area contributed by atoms with Crippen molar-refractivity contribution < 1.29 is 14.7 Å². The van der Waals surface area contributed by atoms with Gasteiger partial charge < -0.3 is 20.2 Å². The van der Waals surface area contributed by atoms with Crippen molar-refractivity contribution in [2.75, 3.05) is 36.4 Å². The summed E-state index contributed by atoms with van der Waals surface area (Å²) in [6.07, 6.45) is 4.84. The summed E-state index contributed by atoms with van der Waals surface area (Å²) >= 11 is 0. The van der Waals surface area contributed by atoms with Crippen molar-refractivity contribution in [3.63, 3.8) is 0 Å². The fourth-order valence-electron chi connectivity index (χ4n) is 4.98. The quantitative estimate of drug-likeness (QED) is 0.376. The number of benzene rings is 1. The second kappa shape index (κ2) is 10.5. The van der Waals surface area contributed by atoms with Crippen molar-refractivity contribution in [2.45, 2.75) is 19.9 Å². The Labute approximate surface area is 229 Å². The van der Waals surface area contributed by atoms with Crippen molar-refractivity contribution in [1.82, 2.24) is 24.1 Å². The lowest BCUT2D eigenvalue weighted by atomic mass is 10.1. The van der Waals surface area contributed by atoms with E-state index in [4.69, 9.17) is 4.98 Å². The molecule has 1 atom stereocenters. The Morgan fingerprint density at radius 2 is 1.88 bits per heavy atom. The third kappa shape index (κ3) is 4.84. The number of carbonyl (C=O) groups is 2. The van der Waals surface area contributed by atoms with Gasteiger partial charge in [0.15, 0.2) is 11.4 Å². The summed E-state index contributed by atoms with van der Waals surface area (Å²) in [5.41, 5.74) is 2.33. The number of carbonyl (C=O) groups excluding carboxylic acids is 1. The molecule has 3 aromatic heterocycles. The van der Waals surface area contributed by atoms with Gasteiger partial charge in [0.05, 0.1) is 23.4 Å². The number of rotatable bonds is 6. The minimum absolute atomic E-state index is 0.0714. The van der Waals surface area contributed by atoms with Crippen LogP contribution in [-0.4, -0.2) is 67.2 Å². The van der Waals surface area contributed by atoms with E-state index in [2.05, 4.69) is 10.4 Å². The average Bonchev–Trinajstić information content (AvgIpc) is 3.39. The maximum absolute atomic E-state index is 13.5. The highest BCUT2D eigenvalue weighted by molar-refractivity contribution is 5.94. The van der Waals surface area contributed by atoms with Gasteiger partial charge in [0.25, 0.3) is 11.5 Å². The van der Waals surface area contributed by atoms with E-state index in [0.717, 1.165) is 5.56 Å². The molecule has 0 saturated carbocycles. The number of piperazine rings is 1. The van der Waals surface area contributed by atoms with Gasteiger partial charge in [-0.2, -0.15) is 10.4 Å². The van der Waals surface area contributed by atoms with Crippen molar-refractivity contribution in [3.05, 3.63) is 87.1 Å². The molecule has 12 nitrogen and oxygen atoms in total. The van der Waals surface area contributed by atoms with E-state index in [9.17, 15) is 24.8 Å². The van der Waals surface area contributed by atoms with Gasteiger partial charge >= 0.3 is 5.97 Å². The molecule has 0 bridgehead atoms. The smallest absolute Gasteiger partial charge is 0.337 e. The number of hydrogen-bond acceptors (Lipinski definition) is 8. The number of amides is 1. The number of carboxylic acid groups (broad SMARTS) is 1. The van der Waals surface area contributed by atoms with E-state index >= 15 is 0 Å². The summed E-state index contributed by atoms with van der Waals surface area (Å²) in [4.78, 5) is 46.5. The molecule has 1 unspecified atom stereocenters. The lowest BCUT2D eigenvalue weighted by molar-refractivity contribution is 0.0696. The lowest BCUT2D eigenvalue weighted by Gasteiger charge is -2.35. The molecule has 0 spiro atoms. The molecule has 0 radical (unpaired) electrons. The number of para-hydroxylation sites is 1. The zero-order valence-corrected chi connectivity index (χ0v) is 22.3. The number of anilines is 2. The molecule has 1 aliphatic rings. The van der Waals surface area contributed by atoms with Crippen molar-refractivity contribution in [1.29, 1.82) is 5.26 Å². The monoisotopic (exact) mass is 540 g/mol.